The summed E-state index contributed by atoms with van der Waals surface area (Å²) in [5, 5.41) is 0.730. The van der Waals surface area contributed by atoms with E-state index in [1.165, 1.54) is 0 Å². The molecule has 2 aromatic rings. The fourth-order valence-electron chi connectivity index (χ4n) is 1.93. The fraction of sp³-hybridized carbons (Fsp3) is 0.125. The molecule has 0 fully saturated rings. The van der Waals surface area contributed by atoms with Crippen molar-refractivity contribution in [3.63, 3.8) is 0 Å². The molecule has 0 aliphatic heterocycles. The Labute approximate surface area is 137 Å². The molecular formula is C16H14ClIO2. The van der Waals surface area contributed by atoms with Gasteiger partial charge in [-0.1, -0.05) is 52.4 Å². The maximum absolute atomic E-state index is 5.93. The van der Waals surface area contributed by atoms with E-state index in [0.717, 1.165) is 33.2 Å². The van der Waals surface area contributed by atoms with Crippen molar-refractivity contribution in [2.24, 2.45) is 0 Å². The normalized spacial score (nSPS) is 11.3. The molecule has 0 unspecified atom stereocenters. The molecule has 0 bridgehead atoms. The SMILES string of the molecule is COc1ccc(/C(=C\I)c2ccc(Cl)cc2)cc1OC. The second-order valence-electron chi connectivity index (χ2n) is 4.10. The van der Waals surface area contributed by atoms with Crippen LogP contribution in [0, 0.1) is 0 Å². The molecule has 2 nitrogen and oxygen atoms in total. The van der Waals surface area contributed by atoms with Crippen molar-refractivity contribution in [3.8, 4) is 11.5 Å². The van der Waals surface area contributed by atoms with Gasteiger partial charge in [-0.2, -0.15) is 0 Å². The van der Waals surface area contributed by atoms with Crippen molar-refractivity contribution in [2.75, 3.05) is 14.2 Å². The van der Waals surface area contributed by atoms with Gasteiger partial charge in [0, 0.05) is 5.02 Å². The third-order valence-corrected chi connectivity index (χ3v) is 3.83. The highest BCUT2D eigenvalue weighted by Gasteiger charge is 2.09. The summed E-state index contributed by atoms with van der Waals surface area (Å²) in [4.78, 5) is 0. The van der Waals surface area contributed by atoms with Crippen LogP contribution in [-0.4, -0.2) is 14.2 Å². The lowest BCUT2D eigenvalue weighted by Gasteiger charge is -2.12. The third-order valence-electron chi connectivity index (χ3n) is 2.96. The van der Waals surface area contributed by atoms with Crippen LogP contribution in [0.5, 0.6) is 11.5 Å². The summed E-state index contributed by atoms with van der Waals surface area (Å²) in [5.74, 6) is 1.44. The minimum Gasteiger partial charge on any atom is -0.493 e. The van der Waals surface area contributed by atoms with Crippen molar-refractivity contribution in [2.45, 2.75) is 0 Å². The van der Waals surface area contributed by atoms with E-state index in [1.54, 1.807) is 14.2 Å². The largest absolute Gasteiger partial charge is 0.493 e. The number of hydrogen-bond donors (Lipinski definition) is 0. The van der Waals surface area contributed by atoms with Crippen LogP contribution in [0.2, 0.25) is 5.02 Å². The van der Waals surface area contributed by atoms with Crippen molar-refractivity contribution < 1.29 is 9.47 Å². The Balaban J connectivity index is 2.45. The molecule has 0 amide bonds. The van der Waals surface area contributed by atoms with Crippen LogP contribution in [0.3, 0.4) is 0 Å². The highest BCUT2D eigenvalue weighted by molar-refractivity contribution is 14.1. The topological polar surface area (TPSA) is 18.5 Å². The molecule has 0 aliphatic carbocycles. The van der Waals surface area contributed by atoms with Gasteiger partial charge in [0.2, 0.25) is 0 Å². The lowest BCUT2D eigenvalue weighted by atomic mass is 9.99. The Hall–Kier alpha value is -1.20. The molecule has 0 saturated heterocycles. The van der Waals surface area contributed by atoms with Gasteiger partial charge in [-0.25, -0.2) is 0 Å². The fourth-order valence-corrected chi connectivity index (χ4v) is 2.77. The number of methoxy groups -OCH3 is 2. The van der Waals surface area contributed by atoms with E-state index in [9.17, 15) is 0 Å². The Morgan fingerprint density at radius 2 is 1.55 bits per heavy atom. The predicted molar refractivity (Wildman–Crippen MR) is 92.1 cm³/mol. The van der Waals surface area contributed by atoms with Gasteiger partial charge in [-0.3, -0.25) is 0 Å². The van der Waals surface area contributed by atoms with Gasteiger partial charge in [0.1, 0.15) is 0 Å². The van der Waals surface area contributed by atoms with Gasteiger partial charge in [-0.15, -0.1) is 0 Å². The van der Waals surface area contributed by atoms with Crippen LogP contribution in [0.15, 0.2) is 46.5 Å². The van der Waals surface area contributed by atoms with Gasteiger partial charge < -0.3 is 9.47 Å². The monoisotopic (exact) mass is 400 g/mol. The molecule has 4 heteroatoms. The number of ether oxygens (including phenoxy) is 2. The number of hydrogen-bond acceptors (Lipinski definition) is 2. The summed E-state index contributed by atoms with van der Waals surface area (Å²) in [6.45, 7) is 0. The first-order chi connectivity index (χ1) is 9.69. The maximum atomic E-state index is 5.93. The standard InChI is InChI=1S/C16H14ClIO2/c1-19-15-8-5-12(9-16(15)20-2)14(10-18)11-3-6-13(17)7-4-11/h3-10H,1-2H3/b14-10-. The summed E-state index contributed by atoms with van der Waals surface area (Å²) in [6.07, 6.45) is 0. The highest BCUT2D eigenvalue weighted by atomic mass is 127. The number of benzene rings is 2. The van der Waals surface area contributed by atoms with Crippen molar-refractivity contribution in [1.82, 2.24) is 0 Å². The van der Waals surface area contributed by atoms with Crippen LogP contribution >= 0.6 is 34.2 Å². The number of halogens is 2. The summed E-state index contributed by atoms with van der Waals surface area (Å²) >= 11 is 8.17. The first kappa shape index (κ1) is 15.2. The average Bonchev–Trinajstić information content (AvgIpc) is 2.49. The molecule has 0 N–H and O–H groups in total. The van der Waals surface area contributed by atoms with E-state index in [1.807, 2.05) is 46.5 Å². The molecular weight excluding hydrogens is 387 g/mol. The molecule has 20 heavy (non-hydrogen) atoms. The predicted octanol–water partition coefficient (Wildman–Crippen LogP) is 5.18. The third kappa shape index (κ3) is 3.27. The van der Waals surface area contributed by atoms with E-state index < -0.39 is 0 Å². The minimum atomic E-state index is 0.717. The average molecular weight is 401 g/mol. The molecule has 0 aromatic heterocycles. The van der Waals surface area contributed by atoms with E-state index in [2.05, 4.69) is 22.6 Å². The molecule has 2 aromatic carbocycles. The van der Waals surface area contributed by atoms with Crippen LogP contribution in [-0.2, 0) is 0 Å². The van der Waals surface area contributed by atoms with Gasteiger partial charge in [0.05, 0.1) is 14.2 Å². The van der Waals surface area contributed by atoms with E-state index in [4.69, 9.17) is 21.1 Å². The first-order valence-electron chi connectivity index (χ1n) is 5.98. The van der Waals surface area contributed by atoms with Crippen molar-refractivity contribution in [3.05, 3.63) is 62.7 Å². The van der Waals surface area contributed by atoms with Gasteiger partial charge in [0.15, 0.2) is 11.5 Å². The molecule has 0 heterocycles. The molecule has 0 spiro atoms. The van der Waals surface area contributed by atoms with Crippen LogP contribution in [0.4, 0.5) is 0 Å². The van der Waals surface area contributed by atoms with Crippen LogP contribution in [0.1, 0.15) is 11.1 Å². The van der Waals surface area contributed by atoms with Gasteiger partial charge >= 0.3 is 0 Å². The van der Waals surface area contributed by atoms with Crippen molar-refractivity contribution in [1.29, 1.82) is 0 Å². The van der Waals surface area contributed by atoms with E-state index in [-0.39, 0.29) is 0 Å². The smallest absolute Gasteiger partial charge is 0.161 e. The second-order valence-corrected chi connectivity index (χ2v) is 5.16. The van der Waals surface area contributed by atoms with Gasteiger partial charge in [0.25, 0.3) is 0 Å². The zero-order chi connectivity index (χ0) is 14.5. The maximum Gasteiger partial charge on any atom is 0.161 e. The van der Waals surface area contributed by atoms with Gasteiger partial charge in [-0.05, 0) is 45.0 Å². The first-order valence-corrected chi connectivity index (χ1v) is 7.60. The number of rotatable bonds is 4. The molecule has 0 radical (unpaired) electrons. The van der Waals surface area contributed by atoms with Crippen LogP contribution < -0.4 is 9.47 Å². The van der Waals surface area contributed by atoms with E-state index in [0.29, 0.717) is 0 Å². The van der Waals surface area contributed by atoms with Crippen LogP contribution in [0.25, 0.3) is 5.57 Å². The summed E-state index contributed by atoms with van der Waals surface area (Å²) in [7, 11) is 3.27. The van der Waals surface area contributed by atoms with E-state index >= 15 is 0 Å². The Kier molecular flexibility index (Phi) is 5.31. The molecule has 0 saturated carbocycles. The second kappa shape index (κ2) is 6.99. The molecule has 0 aliphatic rings. The molecule has 2 rings (SSSR count). The van der Waals surface area contributed by atoms with Crippen molar-refractivity contribution >= 4 is 39.8 Å². The molecule has 104 valence electrons. The zero-order valence-corrected chi connectivity index (χ0v) is 14.1. The quantitative estimate of drug-likeness (QED) is 0.658. The summed E-state index contributed by atoms with van der Waals surface area (Å²) in [5.41, 5.74) is 3.29. The molecule has 0 atom stereocenters. The Morgan fingerprint density at radius 3 is 2.10 bits per heavy atom. The highest BCUT2D eigenvalue weighted by Crippen LogP contribution is 2.33. The summed E-state index contributed by atoms with van der Waals surface area (Å²) < 4.78 is 12.7. The Morgan fingerprint density at radius 1 is 0.950 bits per heavy atom. The lowest BCUT2D eigenvalue weighted by Crippen LogP contribution is -1.93. The lowest BCUT2D eigenvalue weighted by molar-refractivity contribution is 0.355. The minimum absolute atomic E-state index is 0.717. The summed E-state index contributed by atoms with van der Waals surface area (Å²) in [6, 6.07) is 13.7. The Bertz CT molecular complexity index is 621. The zero-order valence-electron chi connectivity index (χ0n) is 11.2.